The van der Waals surface area contributed by atoms with Crippen LogP contribution in [0.3, 0.4) is 0 Å². The molecule has 0 spiro atoms. The van der Waals surface area contributed by atoms with Crippen LogP contribution in [0.5, 0.6) is 0 Å². The van der Waals surface area contributed by atoms with Gasteiger partial charge in [-0.1, -0.05) is 29.8 Å². The molecule has 0 radical (unpaired) electrons. The molecule has 0 N–H and O–H groups in total. The zero-order valence-corrected chi connectivity index (χ0v) is 14.0. The molecular weight excluding hydrogens is 308 g/mol. The minimum atomic E-state index is -0.470. The molecule has 24 heavy (non-hydrogen) atoms. The smallest absolute Gasteiger partial charge is 0.310 e. The number of Topliss-reactive ketones (excluding diaryl/α,β-unsaturated/α-hetero) is 1. The highest BCUT2D eigenvalue weighted by atomic mass is 16.5. The Morgan fingerprint density at radius 1 is 1.00 bits per heavy atom. The van der Waals surface area contributed by atoms with Crippen LogP contribution in [0.2, 0.25) is 0 Å². The van der Waals surface area contributed by atoms with E-state index in [0.29, 0.717) is 5.56 Å². The molecule has 0 aliphatic heterocycles. The molecule has 4 atom stereocenters. The molecule has 0 saturated heterocycles. The summed E-state index contributed by atoms with van der Waals surface area (Å²) in [6.07, 6.45) is 2.76. The van der Waals surface area contributed by atoms with Crippen molar-refractivity contribution in [2.24, 2.45) is 23.7 Å². The Kier molecular flexibility index (Phi) is 4.69. The first-order valence-corrected chi connectivity index (χ1v) is 8.35. The number of rotatable bonds is 5. The van der Waals surface area contributed by atoms with Crippen molar-refractivity contribution in [3.05, 3.63) is 35.4 Å². The summed E-state index contributed by atoms with van der Waals surface area (Å²) in [5.41, 5.74) is 1.58. The first kappa shape index (κ1) is 16.7. The fourth-order valence-electron chi connectivity index (χ4n) is 4.16. The van der Waals surface area contributed by atoms with Gasteiger partial charge in [-0.25, -0.2) is 0 Å². The van der Waals surface area contributed by atoms with Crippen molar-refractivity contribution in [1.82, 2.24) is 0 Å². The minimum Gasteiger partial charge on any atom is -0.469 e. The number of methoxy groups -OCH3 is 1. The second-order valence-corrected chi connectivity index (χ2v) is 6.80. The van der Waals surface area contributed by atoms with Crippen LogP contribution in [0, 0.1) is 30.6 Å². The molecular formula is C19H22O5. The second kappa shape index (κ2) is 6.75. The summed E-state index contributed by atoms with van der Waals surface area (Å²) >= 11 is 0. The Morgan fingerprint density at radius 3 is 2.17 bits per heavy atom. The third-order valence-electron chi connectivity index (χ3n) is 5.38. The van der Waals surface area contributed by atoms with E-state index in [9.17, 15) is 14.4 Å². The van der Waals surface area contributed by atoms with Crippen LogP contribution in [0.15, 0.2) is 24.3 Å². The van der Waals surface area contributed by atoms with Crippen LogP contribution in [-0.2, 0) is 19.1 Å². The van der Waals surface area contributed by atoms with Gasteiger partial charge < -0.3 is 9.47 Å². The minimum absolute atomic E-state index is 0.168. The van der Waals surface area contributed by atoms with Crippen LogP contribution in [-0.4, -0.2) is 31.4 Å². The van der Waals surface area contributed by atoms with E-state index < -0.39 is 17.8 Å². The number of benzene rings is 1. The predicted molar refractivity (Wildman–Crippen MR) is 86.3 cm³/mol. The Hall–Kier alpha value is -2.17. The molecule has 5 nitrogen and oxygen atoms in total. The van der Waals surface area contributed by atoms with E-state index in [0.717, 1.165) is 24.8 Å². The van der Waals surface area contributed by atoms with Crippen molar-refractivity contribution < 1.29 is 23.9 Å². The number of carbonyl (C=O) groups excluding carboxylic acids is 3. The number of fused-ring (bicyclic) bond motifs is 2. The lowest BCUT2D eigenvalue weighted by molar-refractivity contribution is -0.161. The van der Waals surface area contributed by atoms with Gasteiger partial charge >= 0.3 is 11.9 Å². The average molecular weight is 330 g/mol. The summed E-state index contributed by atoms with van der Waals surface area (Å²) in [7, 11) is 1.34. The van der Waals surface area contributed by atoms with Gasteiger partial charge in [0.1, 0.15) is 0 Å². The Balaban J connectivity index is 1.63. The number of hydrogen-bond donors (Lipinski definition) is 0. The molecule has 2 aliphatic carbocycles. The van der Waals surface area contributed by atoms with Gasteiger partial charge in [-0.05, 0) is 38.0 Å². The maximum absolute atomic E-state index is 12.5. The molecule has 2 aliphatic rings. The number of esters is 2. The van der Waals surface area contributed by atoms with E-state index in [1.165, 1.54) is 7.11 Å². The quantitative estimate of drug-likeness (QED) is 0.613. The Labute approximate surface area is 141 Å². The van der Waals surface area contributed by atoms with Gasteiger partial charge in [-0.15, -0.1) is 0 Å². The monoisotopic (exact) mass is 330 g/mol. The summed E-state index contributed by atoms with van der Waals surface area (Å²) in [4.78, 5) is 36.6. The van der Waals surface area contributed by atoms with E-state index in [1.807, 2.05) is 19.1 Å². The van der Waals surface area contributed by atoms with Gasteiger partial charge in [0, 0.05) is 5.56 Å². The second-order valence-electron chi connectivity index (χ2n) is 6.80. The van der Waals surface area contributed by atoms with Gasteiger partial charge in [0.05, 0.1) is 18.9 Å². The zero-order chi connectivity index (χ0) is 17.3. The standard InChI is InChI=1S/C19H22O5/c1-11-3-5-12(6-4-11)15(20)10-24-19(22)17-14-8-7-13(9-14)16(17)18(21)23-2/h3-6,13-14,16-17H,7-10H2,1-2H3/t13-,14-,16-,17-/m0/s1. The summed E-state index contributed by atoms with van der Waals surface area (Å²) in [6, 6.07) is 7.14. The normalized spacial score (nSPS) is 27.8. The molecule has 5 heteroatoms. The average Bonchev–Trinajstić information content (AvgIpc) is 3.20. The number of ketones is 1. The van der Waals surface area contributed by atoms with Gasteiger partial charge in [0.2, 0.25) is 0 Å². The third-order valence-corrected chi connectivity index (χ3v) is 5.38. The highest BCUT2D eigenvalue weighted by Crippen LogP contribution is 2.53. The topological polar surface area (TPSA) is 69.7 Å². The van der Waals surface area contributed by atoms with Crippen LogP contribution in [0.4, 0.5) is 0 Å². The Morgan fingerprint density at radius 2 is 1.58 bits per heavy atom. The van der Waals surface area contributed by atoms with Crippen molar-refractivity contribution in [3.8, 4) is 0 Å². The molecule has 0 heterocycles. The van der Waals surface area contributed by atoms with Crippen LogP contribution < -0.4 is 0 Å². The van der Waals surface area contributed by atoms with E-state index in [-0.39, 0.29) is 30.2 Å². The molecule has 2 bridgehead atoms. The predicted octanol–water partition coefficient (Wildman–Crippen LogP) is 2.56. The van der Waals surface area contributed by atoms with Crippen LogP contribution in [0.25, 0.3) is 0 Å². The zero-order valence-electron chi connectivity index (χ0n) is 14.0. The number of carbonyl (C=O) groups is 3. The summed E-state index contributed by atoms with van der Waals surface area (Å²) < 4.78 is 10.1. The number of hydrogen-bond acceptors (Lipinski definition) is 5. The maximum Gasteiger partial charge on any atom is 0.310 e. The summed E-state index contributed by atoms with van der Waals surface area (Å²) in [5.74, 6) is -1.54. The molecule has 2 saturated carbocycles. The third kappa shape index (κ3) is 3.07. The van der Waals surface area contributed by atoms with Gasteiger partial charge in [-0.3, -0.25) is 14.4 Å². The lowest BCUT2D eigenvalue weighted by Gasteiger charge is -2.27. The highest BCUT2D eigenvalue weighted by Gasteiger charge is 2.55. The lowest BCUT2D eigenvalue weighted by atomic mass is 9.79. The lowest BCUT2D eigenvalue weighted by Crippen LogP contribution is -2.37. The maximum atomic E-state index is 12.5. The van der Waals surface area contributed by atoms with Crippen LogP contribution >= 0.6 is 0 Å². The molecule has 2 fully saturated rings. The van der Waals surface area contributed by atoms with Crippen molar-refractivity contribution in [2.45, 2.75) is 26.2 Å². The molecule has 128 valence electrons. The van der Waals surface area contributed by atoms with Crippen molar-refractivity contribution in [2.75, 3.05) is 13.7 Å². The van der Waals surface area contributed by atoms with Gasteiger partial charge in [0.25, 0.3) is 0 Å². The summed E-state index contributed by atoms with van der Waals surface area (Å²) in [5, 5.41) is 0. The first-order chi connectivity index (χ1) is 11.5. The van der Waals surface area contributed by atoms with E-state index in [2.05, 4.69) is 0 Å². The molecule has 0 aromatic heterocycles. The fraction of sp³-hybridized carbons (Fsp3) is 0.526. The fourth-order valence-corrected chi connectivity index (χ4v) is 4.16. The SMILES string of the molecule is COC(=O)[C@H]1[C@H]2CC[C@@H](C2)[C@@H]1C(=O)OCC(=O)c1ccc(C)cc1. The summed E-state index contributed by atoms with van der Waals surface area (Å²) in [6.45, 7) is 1.65. The highest BCUT2D eigenvalue weighted by molar-refractivity contribution is 5.98. The molecule has 1 aromatic rings. The Bertz CT molecular complexity index is 648. The first-order valence-electron chi connectivity index (χ1n) is 8.35. The molecule has 1 aromatic carbocycles. The molecule has 3 rings (SSSR count). The van der Waals surface area contributed by atoms with Crippen LogP contribution in [0.1, 0.15) is 35.2 Å². The number of ether oxygens (including phenoxy) is 2. The molecule has 0 amide bonds. The van der Waals surface area contributed by atoms with Gasteiger partial charge in [-0.2, -0.15) is 0 Å². The molecule has 0 unspecified atom stereocenters. The number of aryl methyl sites for hydroxylation is 1. The van der Waals surface area contributed by atoms with E-state index in [4.69, 9.17) is 9.47 Å². The van der Waals surface area contributed by atoms with E-state index in [1.54, 1.807) is 12.1 Å². The largest absolute Gasteiger partial charge is 0.469 e. The van der Waals surface area contributed by atoms with Crippen molar-refractivity contribution >= 4 is 17.7 Å². The van der Waals surface area contributed by atoms with Crippen molar-refractivity contribution in [3.63, 3.8) is 0 Å². The van der Waals surface area contributed by atoms with E-state index >= 15 is 0 Å². The van der Waals surface area contributed by atoms with Crippen molar-refractivity contribution in [1.29, 1.82) is 0 Å². The van der Waals surface area contributed by atoms with Gasteiger partial charge in [0.15, 0.2) is 12.4 Å².